The van der Waals surface area contributed by atoms with Gasteiger partial charge in [0.2, 0.25) is 0 Å². The highest BCUT2D eigenvalue weighted by Gasteiger charge is 2.16. The van der Waals surface area contributed by atoms with E-state index in [4.69, 9.17) is 11.6 Å². The van der Waals surface area contributed by atoms with Crippen molar-refractivity contribution >= 4 is 28.5 Å². The van der Waals surface area contributed by atoms with Crippen LogP contribution in [0.4, 0.5) is 4.39 Å². The molecule has 1 aromatic carbocycles. The van der Waals surface area contributed by atoms with Gasteiger partial charge >= 0.3 is 5.97 Å². The van der Waals surface area contributed by atoms with E-state index in [1.54, 1.807) is 17.7 Å². The molecule has 0 spiro atoms. The number of rotatable bonds is 1. The maximum atomic E-state index is 13.7. The molecule has 0 amide bonds. The number of esters is 1. The SMILES string of the molecule is COC(=O)c1cc2c(F)c(Cl)ccc2n1C. The van der Waals surface area contributed by atoms with Gasteiger partial charge in [0.15, 0.2) is 5.82 Å². The van der Waals surface area contributed by atoms with E-state index in [1.807, 2.05) is 0 Å². The first-order valence-corrected chi connectivity index (χ1v) is 4.95. The molecule has 0 bridgehead atoms. The summed E-state index contributed by atoms with van der Waals surface area (Å²) in [6.45, 7) is 0. The first-order chi connectivity index (χ1) is 7.56. The zero-order valence-corrected chi connectivity index (χ0v) is 9.51. The van der Waals surface area contributed by atoms with Crippen molar-refractivity contribution < 1.29 is 13.9 Å². The number of hydrogen-bond donors (Lipinski definition) is 0. The van der Waals surface area contributed by atoms with Gasteiger partial charge in [-0.1, -0.05) is 11.6 Å². The van der Waals surface area contributed by atoms with Gasteiger partial charge in [-0.2, -0.15) is 0 Å². The predicted molar refractivity (Wildman–Crippen MR) is 59.2 cm³/mol. The van der Waals surface area contributed by atoms with Gasteiger partial charge in [-0.25, -0.2) is 9.18 Å². The van der Waals surface area contributed by atoms with Gasteiger partial charge in [0.05, 0.1) is 17.6 Å². The van der Waals surface area contributed by atoms with E-state index in [1.165, 1.54) is 19.2 Å². The summed E-state index contributed by atoms with van der Waals surface area (Å²) in [6.07, 6.45) is 0. The van der Waals surface area contributed by atoms with Crippen LogP contribution in [-0.4, -0.2) is 17.6 Å². The van der Waals surface area contributed by atoms with E-state index in [2.05, 4.69) is 4.74 Å². The highest BCUT2D eigenvalue weighted by Crippen LogP contribution is 2.27. The second-order valence-electron chi connectivity index (χ2n) is 3.37. The van der Waals surface area contributed by atoms with E-state index >= 15 is 0 Å². The Morgan fingerprint density at radius 2 is 2.19 bits per heavy atom. The van der Waals surface area contributed by atoms with Crippen LogP contribution < -0.4 is 0 Å². The van der Waals surface area contributed by atoms with Crippen LogP contribution in [0.5, 0.6) is 0 Å². The molecule has 0 atom stereocenters. The minimum atomic E-state index is -0.523. The molecule has 1 aromatic heterocycles. The fourth-order valence-electron chi connectivity index (χ4n) is 1.65. The Morgan fingerprint density at radius 1 is 1.50 bits per heavy atom. The molecule has 0 unspecified atom stereocenters. The molecule has 0 aliphatic heterocycles. The minimum Gasteiger partial charge on any atom is -0.464 e. The second-order valence-corrected chi connectivity index (χ2v) is 3.78. The summed E-state index contributed by atoms with van der Waals surface area (Å²) in [6, 6.07) is 4.55. The van der Waals surface area contributed by atoms with Gasteiger partial charge < -0.3 is 9.30 Å². The normalized spacial score (nSPS) is 10.8. The molecule has 1 heterocycles. The maximum absolute atomic E-state index is 13.7. The van der Waals surface area contributed by atoms with Crippen LogP contribution in [-0.2, 0) is 11.8 Å². The number of aryl methyl sites for hydroxylation is 1. The fraction of sp³-hybridized carbons (Fsp3) is 0.182. The third kappa shape index (κ3) is 1.46. The number of methoxy groups -OCH3 is 1. The van der Waals surface area contributed by atoms with Crippen molar-refractivity contribution in [3.8, 4) is 0 Å². The Kier molecular flexibility index (Phi) is 2.59. The van der Waals surface area contributed by atoms with Crippen molar-refractivity contribution in [2.75, 3.05) is 7.11 Å². The van der Waals surface area contributed by atoms with Crippen molar-refractivity contribution in [1.82, 2.24) is 4.57 Å². The van der Waals surface area contributed by atoms with Crippen molar-refractivity contribution in [3.05, 3.63) is 34.7 Å². The molecule has 84 valence electrons. The van der Waals surface area contributed by atoms with E-state index in [-0.39, 0.29) is 5.02 Å². The lowest BCUT2D eigenvalue weighted by atomic mass is 10.2. The van der Waals surface area contributed by atoms with E-state index in [0.29, 0.717) is 16.6 Å². The molecular formula is C11H9ClFNO2. The number of ether oxygens (including phenoxy) is 1. The van der Waals surface area contributed by atoms with E-state index < -0.39 is 11.8 Å². The highest BCUT2D eigenvalue weighted by molar-refractivity contribution is 6.31. The molecule has 0 aliphatic rings. The Hall–Kier alpha value is -1.55. The van der Waals surface area contributed by atoms with Crippen LogP contribution in [0.1, 0.15) is 10.5 Å². The molecule has 0 N–H and O–H groups in total. The smallest absolute Gasteiger partial charge is 0.354 e. The summed E-state index contributed by atoms with van der Waals surface area (Å²) in [5.41, 5.74) is 0.890. The lowest BCUT2D eigenvalue weighted by Crippen LogP contribution is -2.06. The molecule has 3 nitrogen and oxygen atoms in total. The predicted octanol–water partition coefficient (Wildman–Crippen LogP) is 2.76. The molecule has 5 heteroatoms. The fourth-order valence-corrected chi connectivity index (χ4v) is 1.81. The van der Waals surface area contributed by atoms with Crippen molar-refractivity contribution in [2.24, 2.45) is 7.05 Å². The zero-order valence-electron chi connectivity index (χ0n) is 8.75. The number of fused-ring (bicyclic) bond motifs is 1. The van der Waals surface area contributed by atoms with Crippen molar-refractivity contribution in [3.63, 3.8) is 0 Å². The summed E-state index contributed by atoms with van der Waals surface area (Å²) >= 11 is 5.66. The van der Waals surface area contributed by atoms with Gasteiger partial charge in [-0.15, -0.1) is 0 Å². The number of carbonyl (C=O) groups excluding carboxylic acids is 1. The third-order valence-corrected chi connectivity index (χ3v) is 2.80. The van der Waals surface area contributed by atoms with E-state index in [9.17, 15) is 9.18 Å². The molecule has 0 saturated heterocycles. The summed E-state index contributed by atoms with van der Waals surface area (Å²) in [5.74, 6) is -1.03. The Balaban J connectivity index is 2.77. The average molecular weight is 242 g/mol. The number of nitrogens with zero attached hydrogens (tertiary/aromatic N) is 1. The van der Waals surface area contributed by atoms with Crippen LogP contribution in [0.2, 0.25) is 5.02 Å². The lowest BCUT2D eigenvalue weighted by Gasteiger charge is -2.01. The quantitative estimate of drug-likeness (QED) is 0.719. The van der Waals surface area contributed by atoms with Crippen molar-refractivity contribution in [1.29, 1.82) is 0 Å². The second kappa shape index (κ2) is 3.79. The third-order valence-electron chi connectivity index (χ3n) is 2.51. The van der Waals surface area contributed by atoms with E-state index in [0.717, 1.165) is 0 Å². The number of hydrogen-bond acceptors (Lipinski definition) is 2. The first kappa shape index (κ1) is 11.0. The zero-order chi connectivity index (χ0) is 11.9. The Labute approximate surface area is 96.4 Å². The molecule has 0 fully saturated rings. The molecule has 0 saturated carbocycles. The largest absolute Gasteiger partial charge is 0.464 e. The number of carbonyl (C=O) groups is 1. The van der Waals surface area contributed by atoms with Gasteiger partial charge in [-0.3, -0.25) is 0 Å². The summed E-state index contributed by atoms with van der Waals surface area (Å²) in [7, 11) is 2.95. The summed E-state index contributed by atoms with van der Waals surface area (Å²) in [5, 5.41) is 0.352. The minimum absolute atomic E-state index is 0.0366. The standard InChI is InChI=1S/C11H9ClFNO2/c1-14-8-4-3-7(12)10(13)6(8)5-9(14)11(15)16-2/h3-5H,1-2H3. The maximum Gasteiger partial charge on any atom is 0.354 e. The van der Waals surface area contributed by atoms with Crippen LogP contribution in [0.25, 0.3) is 10.9 Å². The summed E-state index contributed by atoms with van der Waals surface area (Å²) in [4.78, 5) is 11.4. The molecule has 2 aromatic rings. The molecule has 0 aliphatic carbocycles. The molecule has 16 heavy (non-hydrogen) atoms. The van der Waals surface area contributed by atoms with Gasteiger partial charge in [-0.05, 0) is 18.2 Å². The number of aromatic nitrogens is 1. The average Bonchev–Trinajstić information content (AvgIpc) is 2.61. The Bertz CT molecular complexity index is 577. The monoisotopic (exact) mass is 241 g/mol. The van der Waals surface area contributed by atoms with Crippen LogP contribution in [0.3, 0.4) is 0 Å². The molecular weight excluding hydrogens is 233 g/mol. The Morgan fingerprint density at radius 3 is 2.81 bits per heavy atom. The van der Waals surface area contributed by atoms with Gasteiger partial charge in [0.25, 0.3) is 0 Å². The van der Waals surface area contributed by atoms with Gasteiger partial charge in [0, 0.05) is 12.4 Å². The van der Waals surface area contributed by atoms with Crippen LogP contribution in [0, 0.1) is 5.82 Å². The number of halogens is 2. The van der Waals surface area contributed by atoms with Crippen molar-refractivity contribution in [2.45, 2.75) is 0 Å². The molecule has 2 rings (SSSR count). The first-order valence-electron chi connectivity index (χ1n) is 4.58. The topological polar surface area (TPSA) is 31.2 Å². The summed E-state index contributed by atoms with van der Waals surface area (Å²) < 4.78 is 19.8. The van der Waals surface area contributed by atoms with Gasteiger partial charge in [0.1, 0.15) is 5.69 Å². The molecule has 0 radical (unpaired) electrons. The van der Waals surface area contributed by atoms with Crippen LogP contribution >= 0.6 is 11.6 Å². The number of benzene rings is 1. The van der Waals surface area contributed by atoms with Crippen LogP contribution in [0.15, 0.2) is 18.2 Å². The highest BCUT2D eigenvalue weighted by atomic mass is 35.5. The lowest BCUT2D eigenvalue weighted by molar-refractivity contribution is 0.0590.